The molecular weight excluding hydrogens is 136 g/mol. The van der Waals surface area contributed by atoms with Gasteiger partial charge in [0.25, 0.3) is 0 Å². The smallest absolute Gasteiger partial charge is 0.355 e. The molecule has 1 aromatic rings. The molecule has 0 bridgehead atoms. The lowest BCUT2D eigenvalue weighted by molar-refractivity contribution is -0.374. The van der Waals surface area contributed by atoms with Crippen LogP contribution in [0.4, 0.5) is 4.79 Å². The van der Waals surface area contributed by atoms with Crippen molar-refractivity contribution in [1.29, 1.82) is 0 Å². The molecule has 1 aromatic heterocycles. The standard InChI is InChI=1S/C5H4N2O3/c8-5(7(9)10)6-3-1-2-4-6/h1-4H. The van der Waals surface area contributed by atoms with Gasteiger partial charge in [-0.2, -0.15) is 9.36 Å². The first kappa shape index (κ1) is 6.47. The monoisotopic (exact) mass is 140 g/mol. The molecule has 1 amide bonds. The first-order valence-corrected chi connectivity index (χ1v) is 2.53. The lowest BCUT2D eigenvalue weighted by atomic mass is 10.7. The fraction of sp³-hybridized carbons (Fsp3) is 0. The maximum atomic E-state index is 10.5. The van der Waals surface area contributed by atoms with Crippen molar-refractivity contribution in [2.24, 2.45) is 0 Å². The second-order valence-corrected chi connectivity index (χ2v) is 1.63. The van der Waals surface area contributed by atoms with Crippen molar-refractivity contribution in [3.05, 3.63) is 34.6 Å². The number of aromatic nitrogens is 1. The molecule has 5 nitrogen and oxygen atoms in total. The zero-order valence-corrected chi connectivity index (χ0v) is 4.93. The minimum Gasteiger partial charge on any atom is -0.355 e. The van der Waals surface area contributed by atoms with E-state index in [-0.39, 0.29) is 0 Å². The number of nitrogens with zero attached hydrogens (tertiary/aromatic N) is 2. The van der Waals surface area contributed by atoms with Gasteiger partial charge in [0.2, 0.25) is 0 Å². The second-order valence-electron chi connectivity index (χ2n) is 1.63. The number of nitro groups is 1. The molecule has 0 fully saturated rings. The molecule has 0 aliphatic rings. The summed E-state index contributed by atoms with van der Waals surface area (Å²) in [7, 11) is 0. The summed E-state index contributed by atoms with van der Waals surface area (Å²) >= 11 is 0. The Labute approximate surface area is 56.0 Å². The van der Waals surface area contributed by atoms with Gasteiger partial charge in [0, 0.05) is 4.92 Å². The molecule has 0 saturated heterocycles. The van der Waals surface area contributed by atoms with E-state index in [1.54, 1.807) is 12.1 Å². The average Bonchev–Trinajstić information content (AvgIpc) is 2.36. The van der Waals surface area contributed by atoms with Crippen LogP contribution in [0.5, 0.6) is 0 Å². The number of rotatable bonds is 0. The van der Waals surface area contributed by atoms with E-state index in [1.807, 2.05) is 0 Å². The Hall–Kier alpha value is -1.65. The van der Waals surface area contributed by atoms with Gasteiger partial charge in [-0.05, 0) is 12.1 Å². The van der Waals surface area contributed by atoms with Crippen LogP contribution in [0.2, 0.25) is 0 Å². The average molecular weight is 140 g/mol. The molecule has 0 aromatic carbocycles. The van der Waals surface area contributed by atoms with Crippen molar-refractivity contribution < 1.29 is 9.72 Å². The normalized spacial score (nSPS) is 9.20. The quantitative estimate of drug-likeness (QED) is 0.394. The third-order valence-electron chi connectivity index (χ3n) is 0.982. The highest BCUT2D eigenvalue weighted by Gasteiger charge is 2.13. The molecule has 0 N–H and O–H groups in total. The van der Waals surface area contributed by atoms with Crippen LogP contribution < -0.4 is 0 Å². The van der Waals surface area contributed by atoms with Crippen LogP contribution in [-0.2, 0) is 0 Å². The summed E-state index contributed by atoms with van der Waals surface area (Å²) in [6, 6.07) is 1.95. The van der Waals surface area contributed by atoms with Gasteiger partial charge in [0.1, 0.15) is 0 Å². The number of amides is 1. The summed E-state index contributed by atoms with van der Waals surface area (Å²) in [5.74, 6) is 0. The van der Waals surface area contributed by atoms with Crippen molar-refractivity contribution in [3.63, 3.8) is 0 Å². The van der Waals surface area contributed by atoms with Gasteiger partial charge in [-0.1, -0.05) is 0 Å². The Morgan fingerprint density at radius 2 is 1.90 bits per heavy atom. The van der Waals surface area contributed by atoms with Crippen LogP contribution in [-0.4, -0.2) is 15.5 Å². The first-order valence-electron chi connectivity index (χ1n) is 2.53. The van der Waals surface area contributed by atoms with Crippen LogP contribution in [0.25, 0.3) is 0 Å². The molecule has 1 rings (SSSR count). The zero-order valence-electron chi connectivity index (χ0n) is 4.93. The van der Waals surface area contributed by atoms with E-state index in [2.05, 4.69) is 0 Å². The summed E-state index contributed by atoms with van der Waals surface area (Å²) in [6.45, 7) is 0. The highest BCUT2D eigenvalue weighted by atomic mass is 16.6. The Morgan fingerprint density at radius 1 is 1.40 bits per heavy atom. The first-order chi connectivity index (χ1) is 4.72. The Balaban J connectivity index is 2.88. The predicted octanol–water partition coefficient (Wildman–Crippen LogP) is 0.733. The molecular formula is C5H4N2O3. The minimum absolute atomic E-state index is 0.903. The topological polar surface area (TPSA) is 65.1 Å². The van der Waals surface area contributed by atoms with Gasteiger partial charge in [-0.25, -0.2) is 0 Å². The predicted molar refractivity (Wildman–Crippen MR) is 32.2 cm³/mol. The maximum Gasteiger partial charge on any atom is 0.543 e. The van der Waals surface area contributed by atoms with Gasteiger partial charge in [0.15, 0.2) is 0 Å². The summed E-state index contributed by atoms with van der Waals surface area (Å²) < 4.78 is 0.903. The second kappa shape index (κ2) is 2.30. The maximum absolute atomic E-state index is 10.5. The zero-order chi connectivity index (χ0) is 7.56. The van der Waals surface area contributed by atoms with E-state index in [0.717, 1.165) is 4.57 Å². The van der Waals surface area contributed by atoms with Crippen LogP contribution in [0.3, 0.4) is 0 Å². The largest absolute Gasteiger partial charge is 0.543 e. The van der Waals surface area contributed by atoms with Gasteiger partial charge in [-0.3, -0.25) is 0 Å². The Morgan fingerprint density at radius 3 is 2.30 bits per heavy atom. The van der Waals surface area contributed by atoms with Crippen LogP contribution in [0, 0.1) is 10.1 Å². The van der Waals surface area contributed by atoms with E-state index >= 15 is 0 Å². The summed E-state index contributed by atoms with van der Waals surface area (Å²) in [5.41, 5.74) is 0. The van der Waals surface area contributed by atoms with Crippen molar-refractivity contribution in [2.75, 3.05) is 0 Å². The number of carbonyl (C=O) groups is 1. The third-order valence-corrected chi connectivity index (χ3v) is 0.982. The molecule has 0 spiro atoms. The molecule has 0 unspecified atom stereocenters. The number of carbonyl (C=O) groups excluding carboxylic acids is 1. The van der Waals surface area contributed by atoms with Crippen LogP contribution >= 0.6 is 0 Å². The SMILES string of the molecule is O=C(n1cccc1)[N+](=O)[O-]. The Bertz CT molecular complexity index is 252. The minimum atomic E-state index is -1.13. The van der Waals surface area contributed by atoms with Crippen LogP contribution in [0.15, 0.2) is 24.5 Å². The van der Waals surface area contributed by atoms with Gasteiger partial charge >= 0.3 is 6.03 Å². The van der Waals surface area contributed by atoms with Crippen molar-refractivity contribution in [2.45, 2.75) is 0 Å². The molecule has 0 saturated carbocycles. The highest BCUT2D eigenvalue weighted by molar-refractivity contribution is 5.68. The Kier molecular flexibility index (Phi) is 1.49. The highest BCUT2D eigenvalue weighted by Crippen LogP contribution is 1.90. The summed E-state index contributed by atoms with van der Waals surface area (Å²) in [5, 5.41) is 9.83. The van der Waals surface area contributed by atoms with Gasteiger partial charge < -0.3 is 10.1 Å². The molecule has 1 heterocycles. The number of hydrogen-bond donors (Lipinski definition) is 0. The van der Waals surface area contributed by atoms with E-state index in [4.69, 9.17) is 0 Å². The lowest BCUT2D eigenvalue weighted by Gasteiger charge is -1.89. The van der Waals surface area contributed by atoms with Crippen molar-refractivity contribution in [1.82, 2.24) is 4.57 Å². The third kappa shape index (κ3) is 1.02. The van der Waals surface area contributed by atoms with E-state index in [1.165, 1.54) is 12.4 Å². The fourth-order valence-electron chi connectivity index (χ4n) is 0.556. The van der Waals surface area contributed by atoms with E-state index in [9.17, 15) is 14.9 Å². The molecule has 0 aliphatic heterocycles. The van der Waals surface area contributed by atoms with E-state index < -0.39 is 11.0 Å². The summed E-state index contributed by atoms with van der Waals surface area (Å²) in [6.07, 6.45) is 2.65. The lowest BCUT2D eigenvalue weighted by Crippen LogP contribution is -2.17. The van der Waals surface area contributed by atoms with Crippen molar-refractivity contribution >= 4 is 6.03 Å². The van der Waals surface area contributed by atoms with Gasteiger partial charge in [-0.15, -0.1) is 0 Å². The van der Waals surface area contributed by atoms with E-state index in [0.29, 0.717) is 0 Å². The molecule has 10 heavy (non-hydrogen) atoms. The summed E-state index contributed by atoms with van der Waals surface area (Å²) in [4.78, 5) is 19.3. The molecule has 5 heteroatoms. The number of hydrogen-bond acceptors (Lipinski definition) is 3. The van der Waals surface area contributed by atoms with Crippen LogP contribution in [0.1, 0.15) is 0 Å². The van der Waals surface area contributed by atoms with Gasteiger partial charge in [0.05, 0.1) is 12.4 Å². The van der Waals surface area contributed by atoms with Crippen molar-refractivity contribution in [3.8, 4) is 0 Å². The molecule has 0 radical (unpaired) electrons. The fourth-order valence-corrected chi connectivity index (χ4v) is 0.556. The molecule has 0 aliphatic carbocycles. The molecule has 0 atom stereocenters. The molecule has 52 valence electrons.